The van der Waals surface area contributed by atoms with Crippen LogP contribution < -0.4 is 0 Å². The third kappa shape index (κ3) is 2.32. The first-order chi connectivity index (χ1) is 7.59. The lowest BCUT2D eigenvalue weighted by Gasteiger charge is -2.09. The van der Waals surface area contributed by atoms with Crippen molar-refractivity contribution in [2.75, 3.05) is 0 Å². The van der Waals surface area contributed by atoms with Crippen molar-refractivity contribution in [3.05, 3.63) is 35.9 Å². The third-order valence-electron chi connectivity index (χ3n) is 2.89. The van der Waals surface area contributed by atoms with Gasteiger partial charge in [-0.1, -0.05) is 30.3 Å². The zero-order valence-corrected chi connectivity index (χ0v) is 9.74. The molecular weight excluding hydrogens is 224 g/mol. The number of carbonyl (C=O) groups is 1. The molecule has 1 fully saturated rings. The molecule has 1 aromatic rings. The summed E-state index contributed by atoms with van der Waals surface area (Å²) in [4.78, 5) is 11.4. The lowest BCUT2D eigenvalue weighted by Crippen LogP contribution is -2.26. The van der Waals surface area contributed by atoms with E-state index >= 15 is 0 Å². The van der Waals surface area contributed by atoms with Gasteiger partial charge < -0.3 is 0 Å². The van der Waals surface area contributed by atoms with Crippen LogP contribution in [0.1, 0.15) is 24.8 Å². The summed E-state index contributed by atoms with van der Waals surface area (Å²) in [6.45, 7) is 0. The van der Waals surface area contributed by atoms with Gasteiger partial charge in [-0.25, -0.2) is 8.42 Å². The average molecular weight is 238 g/mol. The van der Waals surface area contributed by atoms with Crippen LogP contribution in [-0.2, 0) is 20.4 Å². The smallest absolute Gasteiger partial charge is 0.164 e. The molecule has 1 aliphatic carbocycles. The molecule has 1 unspecified atom stereocenters. The number of hydrogen-bond acceptors (Lipinski definition) is 3. The molecular formula is C12H14O3S. The molecule has 2 rings (SSSR count). The molecule has 86 valence electrons. The predicted molar refractivity (Wildman–Crippen MR) is 61.7 cm³/mol. The Kier molecular flexibility index (Phi) is 3.10. The Morgan fingerprint density at radius 1 is 1.19 bits per heavy atom. The maximum Gasteiger partial charge on any atom is 0.164 e. The Morgan fingerprint density at radius 2 is 1.88 bits per heavy atom. The average Bonchev–Trinajstić information content (AvgIpc) is 2.66. The van der Waals surface area contributed by atoms with Crippen molar-refractivity contribution < 1.29 is 13.2 Å². The van der Waals surface area contributed by atoms with Crippen molar-refractivity contribution in [2.24, 2.45) is 0 Å². The fourth-order valence-electron chi connectivity index (χ4n) is 2.07. The van der Waals surface area contributed by atoms with E-state index in [0.29, 0.717) is 19.3 Å². The quantitative estimate of drug-likeness (QED) is 0.805. The van der Waals surface area contributed by atoms with E-state index in [2.05, 4.69) is 0 Å². The number of sulfone groups is 1. The summed E-state index contributed by atoms with van der Waals surface area (Å²) in [5.74, 6) is -0.138. The Labute approximate surface area is 95.4 Å². The van der Waals surface area contributed by atoms with E-state index in [1.54, 1.807) is 24.3 Å². The largest absolute Gasteiger partial charge is 0.298 e. The maximum absolute atomic E-state index is 12.0. The molecule has 1 aliphatic rings. The number of rotatable bonds is 3. The monoisotopic (exact) mass is 238 g/mol. The molecule has 0 heterocycles. The zero-order valence-electron chi connectivity index (χ0n) is 8.93. The molecule has 0 spiro atoms. The second-order valence-corrected chi connectivity index (χ2v) is 6.32. The van der Waals surface area contributed by atoms with Gasteiger partial charge in [-0.2, -0.15) is 0 Å². The van der Waals surface area contributed by atoms with Crippen molar-refractivity contribution in [1.82, 2.24) is 0 Å². The van der Waals surface area contributed by atoms with Gasteiger partial charge in [0.2, 0.25) is 0 Å². The van der Waals surface area contributed by atoms with E-state index in [1.165, 1.54) is 0 Å². The molecule has 3 nitrogen and oxygen atoms in total. The lowest BCUT2D eigenvalue weighted by molar-refractivity contribution is -0.117. The van der Waals surface area contributed by atoms with E-state index in [9.17, 15) is 13.2 Å². The van der Waals surface area contributed by atoms with E-state index in [0.717, 1.165) is 5.56 Å². The second kappa shape index (κ2) is 4.37. The fourth-order valence-corrected chi connectivity index (χ4v) is 3.97. The van der Waals surface area contributed by atoms with Crippen LogP contribution in [0, 0.1) is 0 Å². The van der Waals surface area contributed by atoms with Crippen LogP contribution in [0.25, 0.3) is 0 Å². The maximum atomic E-state index is 12.0. The van der Waals surface area contributed by atoms with Crippen LogP contribution >= 0.6 is 0 Å². The third-order valence-corrected chi connectivity index (χ3v) is 4.99. The van der Waals surface area contributed by atoms with Gasteiger partial charge >= 0.3 is 0 Å². The minimum Gasteiger partial charge on any atom is -0.298 e. The number of benzene rings is 1. The molecule has 0 bridgehead atoms. The van der Waals surface area contributed by atoms with Crippen LogP contribution in [0.5, 0.6) is 0 Å². The van der Waals surface area contributed by atoms with Crippen molar-refractivity contribution in [3.8, 4) is 0 Å². The van der Waals surface area contributed by atoms with Gasteiger partial charge in [-0.05, 0) is 18.4 Å². The number of Topliss-reactive ketones (excluding diaryl/α,β-unsaturated/α-hetero) is 1. The summed E-state index contributed by atoms with van der Waals surface area (Å²) < 4.78 is 24.0. The Balaban J connectivity index is 2.18. The zero-order chi connectivity index (χ0) is 11.6. The van der Waals surface area contributed by atoms with Gasteiger partial charge in [0.1, 0.15) is 5.25 Å². The van der Waals surface area contributed by atoms with E-state index in [1.807, 2.05) is 6.07 Å². The number of carbonyl (C=O) groups excluding carboxylic acids is 1. The molecule has 1 saturated carbocycles. The molecule has 1 atom stereocenters. The minimum absolute atomic E-state index is 0.0236. The van der Waals surface area contributed by atoms with Crippen LogP contribution in [0.3, 0.4) is 0 Å². The van der Waals surface area contributed by atoms with Crippen molar-refractivity contribution in [2.45, 2.75) is 30.3 Å². The molecule has 0 aromatic heterocycles. The van der Waals surface area contributed by atoms with Crippen LogP contribution in [0.15, 0.2) is 30.3 Å². The van der Waals surface area contributed by atoms with Crippen molar-refractivity contribution >= 4 is 15.6 Å². The van der Waals surface area contributed by atoms with Crippen LogP contribution in [0.2, 0.25) is 0 Å². The normalized spacial score (nSPS) is 21.2. The first-order valence-corrected chi connectivity index (χ1v) is 7.09. The molecule has 1 aromatic carbocycles. The molecule has 16 heavy (non-hydrogen) atoms. The molecule has 0 N–H and O–H groups in total. The van der Waals surface area contributed by atoms with Crippen molar-refractivity contribution in [1.29, 1.82) is 0 Å². The summed E-state index contributed by atoms with van der Waals surface area (Å²) in [6, 6.07) is 9.01. The standard InChI is InChI=1S/C12H14O3S/c13-11-7-4-8-12(11)16(14,15)9-10-5-2-1-3-6-10/h1-3,5-6,12H,4,7-9H2. The Hall–Kier alpha value is -1.16. The van der Waals surface area contributed by atoms with E-state index in [-0.39, 0.29) is 11.5 Å². The molecule has 0 radical (unpaired) electrons. The minimum atomic E-state index is -3.31. The fraction of sp³-hybridized carbons (Fsp3) is 0.417. The highest BCUT2D eigenvalue weighted by Gasteiger charge is 2.35. The first kappa shape index (κ1) is 11.3. The molecule has 0 amide bonds. The van der Waals surface area contributed by atoms with Crippen LogP contribution in [-0.4, -0.2) is 19.5 Å². The summed E-state index contributed by atoms with van der Waals surface area (Å²) in [5.41, 5.74) is 0.752. The van der Waals surface area contributed by atoms with Crippen molar-refractivity contribution in [3.63, 3.8) is 0 Å². The van der Waals surface area contributed by atoms with Gasteiger partial charge in [0.05, 0.1) is 5.75 Å². The van der Waals surface area contributed by atoms with Gasteiger partial charge in [0.25, 0.3) is 0 Å². The molecule has 0 aliphatic heterocycles. The Bertz CT molecular complexity index is 476. The Morgan fingerprint density at radius 3 is 2.44 bits per heavy atom. The first-order valence-electron chi connectivity index (χ1n) is 5.38. The molecule has 4 heteroatoms. The van der Waals surface area contributed by atoms with E-state index in [4.69, 9.17) is 0 Å². The summed E-state index contributed by atoms with van der Waals surface area (Å²) in [6.07, 6.45) is 1.62. The molecule has 0 saturated heterocycles. The predicted octanol–water partition coefficient (Wildman–Crippen LogP) is 1.72. The van der Waals surface area contributed by atoms with Gasteiger partial charge in [0, 0.05) is 6.42 Å². The number of ketones is 1. The lowest BCUT2D eigenvalue weighted by atomic mass is 10.2. The van der Waals surface area contributed by atoms with Gasteiger partial charge in [0.15, 0.2) is 15.6 Å². The highest BCUT2D eigenvalue weighted by atomic mass is 32.2. The van der Waals surface area contributed by atoms with Crippen LogP contribution in [0.4, 0.5) is 0 Å². The highest BCUT2D eigenvalue weighted by molar-refractivity contribution is 7.92. The SMILES string of the molecule is O=C1CCCC1S(=O)(=O)Cc1ccccc1. The van der Waals surface area contributed by atoms with E-state index < -0.39 is 15.1 Å². The van der Waals surface area contributed by atoms with Gasteiger partial charge in [-0.15, -0.1) is 0 Å². The van der Waals surface area contributed by atoms with Gasteiger partial charge in [-0.3, -0.25) is 4.79 Å². The summed E-state index contributed by atoms with van der Waals surface area (Å²) >= 11 is 0. The summed E-state index contributed by atoms with van der Waals surface area (Å²) in [7, 11) is -3.31. The topological polar surface area (TPSA) is 51.2 Å². The number of hydrogen-bond donors (Lipinski definition) is 0. The summed E-state index contributed by atoms with van der Waals surface area (Å²) in [5, 5.41) is -0.757. The second-order valence-electron chi connectivity index (χ2n) is 4.14. The highest BCUT2D eigenvalue weighted by Crippen LogP contribution is 2.24.